The second-order valence-electron chi connectivity index (χ2n) is 14.9. The highest BCUT2D eigenvalue weighted by molar-refractivity contribution is 5.93. The number of unbranched alkanes of at least 4 members (excludes halogenated alkanes) is 1. The number of hydrogen-bond donors (Lipinski definition) is 4. The molecule has 2 unspecified atom stereocenters. The fraction of sp³-hybridized carbons (Fsp3) is 0.632. The van der Waals surface area contributed by atoms with Gasteiger partial charge in [0.2, 0.25) is 11.8 Å². The van der Waals surface area contributed by atoms with Gasteiger partial charge >= 0.3 is 12.1 Å². The molecule has 1 aromatic rings. The van der Waals surface area contributed by atoms with Gasteiger partial charge in [0.1, 0.15) is 12.3 Å². The number of hydrogen-bond acceptors (Lipinski definition) is 12. The van der Waals surface area contributed by atoms with Gasteiger partial charge in [0.25, 0.3) is 0 Å². The minimum absolute atomic E-state index is 0.0183. The van der Waals surface area contributed by atoms with Crippen LogP contribution >= 0.6 is 0 Å². The van der Waals surface area contributed by atoms with E-state index in [2.05, 4.69) is 10.2 Å². The number of benzene rings is 1. The molecular formula is C38H54N6O10. The number of carbonyl (C=O) groups excluding carboxylic acids is 5. The van der Waals surface area contributed by atoms with Crippen molar-refractivity contribution in [2.75, 3.05) is 54.5 Å². The predicted octanol–water partition coefficient (Wildman–Crippen LogP) is 1.64. The Kier molecular flexibility index (Phi) is 12.3. The summed E-state index contributed by atoms with van der Waals surface area (Å²) in [5.74, 6) is -1.87. The number of likely N-dealkylation sites (N-methyl/N-ethyl adjacent to an activating group) is 2. The topological polar surface area (TPSA) is 214 Å². The fourth-order valence-corrected chi connectivity index (χ4v) is 8.80. The van der Waals surface area contributed by atoms with Crippen LogP contribution < -0.4 is 20.5 Å². The molecule has 2 aliphatic carbocycles. The Morgan fingerprint density at radius 2 is 1.93 bits per heavy atom. The van der Waals surface area contributed by atoms with Crippen LogP contribution in [0.2, 0.25) is 0 Å². The molecule has 1 fully saturated rings. The lowest BCUT2D eigenvalue weighted by Crippen LogP contribution is -2.74. The first-order valence-corrected chi connectivity index (χ1v) is 18.5. The number of nitrogens with zero attached hydrogens (tertiary/aromatic N) is 3. The SMILES string of the molecule is CCOC(=O)CN(C)C(=O)[C@@H](CC(=O)[C@H](CCCCC(=N)N)NC(C)=O)CN(C)C(=O)OC1=CCC2(O)[C@H]3Cc4ccc(OC)c5c4[C@@]2(CCN3C)C1O5. The van der Waals surface area contributed by atoms with E-state index in [9.17, 15) is 29.1 Å². The molecule has 2 aliphatic heterocycles. The number of Topliss-reactive ketones (excluding diaryl/α,β-unsaturated/α-hetero) is 1. The van der Waals surface area contributed by atoms with Crippen LogP contribution in [0.5, 0.6) is 11.5 Å². The Morgan fingerprint density at radius 3 is 2.59 bits per heavy atom. The molecule has 0 aromatic heterocycles. The quantitative estimate of drug-likeness (QED) is 0.0774. The number of rotatable bonds is 17. The standard InChI is InChI=1S/C38H54N6O10/c1-7-52-31(47)21-43(4)35(48)24(18-26(46)25(41-22(2)45)10-8-9-11-30(39)40)20-44(5)36(49)53-28-14-15-38(50)29-19-23-12-13-27(51-6)33-32(23)37(38,34(28)54-33)16-17-42(29)3/h12-14,24-25,29,34,50H,7-11,15-21H2,1-6H3,(H3,39,40)(H,41,45)/t24-,25-,29+,34?,37-,38?/m0/s1. The number of amides is 3. The number of piperidine rings is 1. The van der Waals surface area contributed by atoms with Crippen molar-refractivity contribution in [1.29, 1.82) is 5.41 Å². The number of likely N-dealkylation sites (tertiary alicyclic amines) is 1. The Labute approximate surface area is 315 Å². The zero-order valence-electron chi connectivity index (χ0n) is 32.1. The van der Waals surface area contributed by atoms with Crippen molar-refractivity contribution in [2.45, 2.75) is 94.4 Å². The summed E-state index contributed by atoms with van der Waals surface area (Å²) in [7, 11) is 6.41. The molecule has 2 bridgehead atoms. The molecule has 1 spiro atoms. The van der Waals surface area contributed by atoms with Gasteiger partial charge < -0.3 is 49.8 Å². The number of amidine groups is 1. The van der Waals surface area contributed by atoms with Crippen LogP contribution in [0.25, 0.3) is 0 Å². The molecule has 54 heavy (non-hydrogen) atoms. The van der Waals surface area contributed by atoms with Crippen LogP contribution in [0.15, 0.2) is 24.0 Å². The summed E-state index contributed by atoms with van der Waals surface area (Å²) in [5.41, 5.74) is 5.31. The van der Waals surface area contributed by atoms with Crippen LogP contribution in [-0.4, -0.2) is 134 Å². The van der Waals surface area contributed by atoms with Crippen LogP contribution in [-0.2, 0) is 40.5 Å². The Bertz CT molecular complexity index is 1700. The lowest BCUT2D eigenvalue weighted by Gasteiger charge is -2.61. The summed E-state index contributed by atoms with van der Waals surface area (Å²) in [6.45, 7) is 3.12. The number of ether oxygens (including phenoxy) is 4. The molecule has 2 heterocycles. The first kappa shape index (κ1) is 40.5. The van der Waals surface area contributed by atoms with E-state index >= 15 is 0 Å². The number of aliphatic hydroxyl groups is 1. The van der Waals surface area contributed by atoms with Gasteiger partial charge in [-0.2, -0.15) is 0 Å². The minimum Gasteiger partial charge on any atom is -0.493 e. The molecule has 296 valence electrons. The van der Waals surface area contributed by atoms with Crippen molar-refractivity contribution >= 4 is 35.5 Å². The van der Waals surface area contributed by atoms with Crippen molar-refractivity contribution in [3.05, 3.63) is 35.1 Å². The van der Waals surface area contributed by atoms with E-state index in [1.807, 2.05) is 19.2 Å². The van der Waals surface area contributed by atoms with Crippen molar-refractivity contribution in [2.24, 2.45) is 11.7 Å². The van der Waals surface area contributed by atoms with Gasteiger partial charge in [-0.05, 0) is 63.9 Å². The third kappa shape index (κ3) is 7.63. The highest BCUT2D eigenvalue weighted by Gasteiger charge is 2.72. The van der Waals surface area contributed by atoms with Gasteiger partial charge in [0.15, 0.2) is 23.4 Å². The molecule has 0 radical (unpaired) electrons. The highest BCUT2D eigenvalue weighted by atomic mass is 16.6. The smallest absolute Gasteiger partial charge is 0.414 e. The van der Waals surface area contributed by atoms with E-state index in [0.717, 1.165) is 16.0 Å². The summed E-state index contributed by atoms with van der Waals surface area (Å²) in [5, 5.41) is 22.6. The Morgan fingerprint density at radius 1 is 1.19 bits per heavy atom. The second kappa shape index (κ2) is 16.3. The largest absolute Gasteiger partial charge is 0.493 e. The van der Waals surface area contributed by atoms with E-state index in [1.54, 1.807) is 20.1 Å². The molecule has 1 aromatic carbocycles. The molecule has 1 saturated heterocycles. The lowest BCUT2D eigenvalue weighted by atomic mass is 9.50. The monoisotopic (exact) mass is 754 g/mol. The van der Waals surface area contributed by atoms with Gasteiger partial charge in [0, 0.05) is 58.4 Å². The normalized spacial score (nSPS) is 24.5. The second-order valence-corrected chi connectivity index (χ2v) is 14.9. The van der Waals surface area contributed by atoms with E-state index in [-0.39, 0.29) is 56.6 Å². The van der Waals surface area contributed by atoms with Gasteiger partial charge in [0.05, 0.1) is 42.5 Å². The number of nitrogens with one attached hydrogen (secondary N) is 2. The number of nitrogens with two attached hydrogens (primary N) is 1. The first-order chi connectivity index (χ1) is 25.6. The maximum absolute atomic E-state index is 13.9. The Balaban J connectivity index is 1.37. The predicted molar refractivity (Wildman–Crippen MR) is 196 cm³/mol. The third-order valence-corrected chi connectivity index (χ3v) is 11.4. The van der Waals surface area contributed by atoms with Gasteiger partial charge in [-0.25, -0.2) is 4.79 Å². The average molecular weight is 755 g/mol. The lowest BCUT2D eigenvalue weighted by molar-refractivity contribution is -0.163. The molecule has 16 nitrogen and oxygen atoms in total. The molecule has 5 N–H and O–H groups in total. The van der Waals surface area contributed by atoms with Crippen LogP contribution in [0.4, 0.5) is 4.79 Å². The van der Waals surface area contributed by atoms with Gasteiger partial charge in [-0.15, -0.1) is 0 Å². The summed E-state index contributed by atoms with van der Waals surface area (Å²) < 4.78 is 23.3. The number of esters is 1. The van der Waals surface area contributed by atoms with E-state index in [1.165, 1.54) is 25.9 Å². The van der Waals surface area contributed by atoms with E-state index in [0.29, 0.717) is 50.1 Å². The van der Waals surface area contributed by atoms with E-state index < -0.39 is 58.7 Å². The molecule has 6 atom stereocenters. The zero-order chi connectivity index (χ0) is 39.5. The first-order valence-electron chi connectivity index (χ1n) is 18.5. The average Bonchev–Trinajstić information content (AvgIpc) is 3.47. The molecular weight excluding hydrogens is 700 g/mol. The van der Waals surface area contributed by atoms with Crippen LogP contribution in [0.3, 0.4) is 0 Å². The minimum atomic E-state index is -1.20. The molecule has 4 aliphatic rings. The Hall–Kier alpha value is -4.70. The van der Waals surface area contributed by atoms with Crippen molar-refractivity contribution in [3.63, 3.8) is 0 Å². The summed E-state index contributed by atoms with van der Waals surface area (Å²) in [6, 6.07) is 2.76. The molecule has 16 heteroatoms. The molecule has 3 amide bonds. The maximum Gasteiger partial charge on any atom is 0.414 e. The van der Waals surface area contributed by atoms with Gasteiger partial charge in [-0.1, -0.05) is 12.5 Å². The van der Waals surface area contributed by atoms with Crippen molar-refractivity contribution < 1.29 is 48.0 Å². The summed E-state index contributed by atoms with van der Waals surface area (Å²) in [6.07, 6.45) is 2.75. The third-order valence-electron chi connectivity index (χ3n) is 11.4. The fourth-order valence-electron chi connectivity index (χ4n) is 8.80. The molecule has 0 saturated carbocycles. The van der Waals surface area contributed by atoms with Crippen molar-refractivity contribution in [3.8, 4) is 11.5 Å². The summed E-state index contributed by atoms with van der Waals surface area (Å²) in [4.78, 5) is 70.2. The summed E-state index contributed by atoms with van der Waals surface area (Å²) >= 11 is 0. The number of carbonyl (C=O) groups is 5. The number of ketones is 1. The van der Waals surface area contributed by atoms with Crippen LogP contribution in [0.1, 0.15) is 69.9 Å². The van der Waals surface area contributed by atoms with Crippen LogP contribution in [0, 0.1) is 11.3 Å². The zero-order valence-corrected chi connectivity index (χ0v) is 32.1. The van der Waals surface area contributed by atoms with E-state index in [4.69, 9.17) is 30.1 Å². The van der Waals surface area contributed by atoms with Gasteiger partial charge in [-0.3, -0.25) is 24.6 Å². The number of methoxy groups -OCH3 is 1. The molecule has 5 rings (SSSR count). The maximum atomic E-state index is 13.9. The van der Waals surface area contributed by atoms with Crippen molar-refractivity contribution in [1.82, 2.24) is 20.0 Å². The highest BCUT2D eigenvalue weighted by Crippen LogP contribution is 2.65.